The lowest BCUT2D eigenvalue weighted by atomic mass is 9.86. The maximum absolute atomic E-state index is 7.24. The van der Waals surface area contributed by atoms with Gasteiger partial charge in [-0.1, -0.05) is 129 Å². The summed E-state index contributed by atoms with van der Waals surface area (Å²) >= 11 is 0. The number of hydrogen-bond donors (Lipinski definition) is 4. The van der Waals surface area contributed by atoms with Gasteiger partial charge in [-0.05, 0) is 50.0 Å². The first kappa shape index (κ1) is 32.5. The lowest BCUT2D eigenvalue weighted by Crippen LogP contribution is -2.13. The summed E-state index contributed by atoms with van der Waals surface area (Å²) in [5.41, 5.74) is 23.2. The Morgan fingerprint density at radius 2 is 1.12 bits per heavy atom. The normalized spacial score (nSPS) is 11.7. The standard InChI is InChI=1S/C13H16N2.C11H16N2.C11H17N/c1-13(2,3)10-4-5-11-9(8-10)6-7-15-12(11)14;1-11(2,3)9-6-4-8(5-7-9)10(12)13;1-11(2,3)10-6-4-9(8-12)5-7-10/h4-8H,1-3H3,(H2,14,15);4-7H,1-3H3,(H3,12,13);4-7H,8,12H2,1-3H3. The van der Waals surface area contributed by atoms with Crippen LogP contribution in [0.25, 0.3) is 10.8 Å². The number of nitrogens with zero attached hydrogens (tertiary/aromatic N) is 1. The maximum Gasteiger partial charge on any atom is 0.131 e. The molecule has 0 unspecified atom stereocenters. The van der Waals surface area contributed by atoms with Gasteiger partial charge in [0.1, 0.15) is 11.7 Å². The van der Waals surface area contributed by atoms with Crippen LogP contribution >= 0.6 is 0 Å². The summed E-state index contributed by atoms with van der Waals surface area (Å²) in [5.74, 6) is 0.730. The third-order valence-corrected chi connectivity index (χ3v) is 6.78. The van der Waals surface area contributed by atoms with Gasteiger partial charge in [0.2, 0.25) is 0 Å². The van der Waals surface area contributed by atoms with E-state index in [9.17, 15) is 0 Å². The summed E-state index contributed by atoms with van der Waals surface area (Å²) in [6.45, 7) is 20.4. The monoisotopic (exact) mass is 539 g/mol. The van der Waals surface area contributed by atoms with E-state index in [1.54, 1.807) is 6.20 Å². The number of amidine groups is 1. The molecule has 0 fully saturated rings. The van der Waals surface area contributed by atoms with Crippen LogP contribution in [-0.4, -0.2) is 10.8 Å². The lowest BCUT2D eigenvalue weighted by Gasteiger charge is -2.19. The number of anilines is 1. The van der Waals surface area contributed by atoms with Crippen LogP contribution in [-0.2, 0) is 22.8 Å². The van der Waals surface area contributed by atoms with E-state index in [1.165, 1.54) is 22.3 Å². The van der Waals surface area contributed by atoms with E-state index >= 15 is 0 Å². The van der Waals surface area contributed by atoms with Crippen molar-refractivity contribution in [3.8, 4) is 0 Å². The predicted molar refractivity (Wildman–Crippen MR) is 174 cm³/mol. The first-order valence-corrected chi connectivity index (χ1v) is 13.8. The topological polar surface area (TPSA) is 115 Å². The van der Waals surface area contributed by atoms with Gasteiger partial charge in [0.25, 0.3) is 0 Å². The van der Waals surface area contributed by atoms with Gasteiger partial charge in [0, 0.05) is 23.7 Å². The first-order chi connectivity index (χ1) is 18.4. The molecule has 0 aliphatic rings. The minimum absolute atomic E-state index is 0.125. The fourth-order valence-electron chi connectivity index (χ4n) is 3.96. The van der Waals surface area contributed by atoms with Crippen LogP contribution in [0.15, 0.2) is 79.0 Å². The van der Waals surface area contributed by atoms with Crippen LogP contribution in [0.1, 0.15) is 90.1 Å². The van der Waals surface area contributed by atoms with E-state index in [4.69, 9.17) is 22.6 Å². The molecule has 40 heavy (non-hydrogen) atoms. The van der Waals surface area contributed by atoms with Crippen molar-refractivity contribution >= 4 is 22.4 Å². The Kier molecular flexibility index (Phi) is 10.6. The molecule has 0 aliphatic carbocycles. The fourth-order valence-corrected chi connectivity index (χ4v) is 3.96. The summed E-state index contributed by atoms with van der Waals surface area (Å²) in [7, 11) is 0. The third kappa shape index (κ3) is 9.49. The molecule has 5 heteroatoms. The average molecular weight is 540 g/mol. The number of nitrogens with one attached hydrogen (secondary N) is 1. The lowest BCUT2D eigenvalue weighted by molar-refractivity contribution is 0.590. The van der Waals surface area contributed by atoms with Gasteiger partial charge in [-0.2, -0.15) is 0 Å². The Labute approximate surface area is 241 Å². The third-order valence-electron chi connectivity index (χ3n) is 6.78. The highest BCUT2D eigenvalue weighted by molar-refractivity contribution is 5.95. The van der Waals surface area contributed by atoms with E-state index in [-0.39, 0.29) is 22.1 Å². The molecule has 1 heterocycles. The molecular formula is C35H49N5. The molecule has 0 bridgehead atoms. The van der Waals surface area contributed by atoms with Crippen LogP contribution in [0.4, 0.5) is 5.82 Å². The molecule has 5 nitrogen and oxygen atoms in total. The van der Waals surface area contributed by atoms with Gasteiger partial charge in [-0.15, -0.1) is 0 Å². The van der Waals surface area contributed by atoms with Crippen molar-refractivity contribution in [3.05, 3.63) is 107 Å². The van der Waals surface area contributed by atoms with E-state index in [0.717, 1.165) is 16.3 Å². The van der Waals surface area contributed by atoms with Crippen LogP contribution in [0.3, 0.4) is 0 Å². The zero-order valence-electron chi connectivity index (χ0n) is 25.9. The SMILES string of the molecule is CC(C)(C)c1ccc(C(=N)N)cc1.CC(C)(C)c1ccc(CN)cc1.CC(C)(C)c1ccc2c(N)nccc2c1. The van der Waals surface area contributed by atoms with Gasteiger partial charge in [-0.3, -0.25) is 5.41 Å². The highest BCUT2D eigenvalue weighted by atomic mass is 14.8. The van der Waals surface area contributed by atoms with Crippen LogP contribution in [0, 0.1) is 5.41 Å². The number of nitrogen functional groups attached to an aromatic ring is 2. The van der Waals surface area contributed by atoms with Gasteiger partial charge in [0.05, 0.1) is 0 Å². The van der Waals surface area contributed by atoms with E-state index in [1.807, 2.05) is 30.3 Å². The predicted octanol–water partition coefficient (Wildman–Crippen LogP) is 7.83. The smallest absolute Gasteiger partial charge is 0.131 e. The summed E-state index contributed by atoms with van der Waals surface area (Å²) in [4.78, 5) is 4.08. The molecule has 0 aliphatic heterocycles. The number of rotatable bonds is 2. The van der Waals surface area contributed by atoms with Crippen molar-refractivity contribution in [2.45, 2.75) is 85.1 Å². The Bertz CT molecular complexity index is 1380. The number of aromatic nitrogens is 1. The Morgan fingerprint density at radius 3 is 1.55 bits per heavy atom. The summed E-state index contributed by atoms with van der Waals surface area (Å²) in [6.07, 6.45) is 1.75. The number of fused-ring (bicyclic) bond motifs is 1. The number of hydrogen-bond acceptors (Lipinski definition) is 4. The first-order valence-electron chi connectivity index (χ1n) is 13.8. The highest BCUT2D eigenvalue weighted by Gasteiger charge is 2.15. The fraction of sp³-hybridized carbons (Fsp3) is 0.371. The highest BCUT2D eigenvalue weighted by Crippen LogP contribution is 2.27. The van der Waals surface area contributed by atoms with Crippen molar-refractivity contribution in [3.63, 3.8) is 0 Å². The quantitative estimate of drug-likeness (QED) is 0.153. The zero-order chi connectivity index (χ0) is 30.3. The second kappa shape index (κ2) is 13.1. The minimum Gasteiger partial charge on any atom is -0.384 e. The molecule has 4 rings (SSSR count). The average Bonchev–Trinajstić information content (AvgIpc) is 2.88. The van der Waals surface area contributed by atoms with E-state index < -0.39 is 0 Å². The number of benzene rings is 3. The zero-order valence-corrected chi connectivity index (χ0v) is 25.9. The summed E-state index contributed by atoms with van der Waals surface area (Å²) in [5, 5.41) is 9.43. The van der Waals surface area contributed by atoms with E-state index in [0.29, 0.717) is 12.4 Å². The van der Waals surface area contributed by atoms with Gasteiger partial charge in [0.15, 0.2) is 0 Å². The number of nitrogens with two attached hydrogens (primary N) is 3. The van der Waals surface area contributed by atoms with Crippen molar-refractivity contribution in [1.29, 1.82) is 5.41 Å². The summed E-state index contributed by atoms with van der Waals surface area (Å²) in [6, 6.07) is 24.7. The summed E-state index contributed by atoms with van der Waals surface area (Å²) < 4.78 is 0. The molecule has 7 N–H and O–H groups in total. The minimum atomic E-state index is 0.125. The molecule has 0 atom stereocenters. The molecule has 1 aromatic heterocycles. The molecule has 0 radical (unpaired) electrons. The van der Waals surface area contributed by atoms with Gasteiger partial charge < -0.3 is 17.2 Å². The van der Waals surface area contributed by atoms with Crippen molar-refractivity contribution < 1.29 is 0 Å². The Balaban J connectivity index is 0.000000212. The Hall–Kier alpha value is -3.70. The largest absolute Gasteiger partial charge is 0.384 e. The Morgan fingerprint density at radius 1 is 0.675 bits per heavy atom. The van der Waals surface area contributed by atoms with Crippen LogP contribution in [0.2, 0.25) is 0 Å². The van der Waals surface area contributed by atoms with E-state index in [2.05, 4.69) is 110 Å². The van der Waals surface area contributed by atoms with Crippen molar-refractivity contribution in [2.24, 2.45) is 11.5 Å². The molecule has 0 saturated carbocycles. The molecule has 3 aromatic carbocycles. The second-order valence-electron chi connectivity index (χ2n) is 13.3. The molecule has 0 saturated heterocycles. The van der Waals surface area contributed by atoms with Crippen molar-refractivity contribution in [1.82, 2.24) is 4.98 Å². The molecular weight excluding hydrogens is 490 g/mol. The van der Waals surface area contributed by atoms with Gasteiger partial charge in [-0.25, -0.2) is 4.98 Å². The molecule has 0 spiro atoms. The second-order valence-corrected chi connectivity index (χ2v) is 13.3. The van der Waals surface area contributed by atoms with Gasteiger partial charge >= 0.3 is 0 Å². The number of pyridine rings is 1. The van der Waals surface area contributed by atoms with Crippen LogP contribution < -0.4 is 17.2 Å². The molecule has 0 amide bonds. The molecule has 214 valence electrons. The molecule has 4 aromatic rings. The van der Waals surface area contributed by atoms with Crippen molar-refractivity contribution in [2.75, 3.05) is 5.73 Å². The maximum atomic E-state index is 7.24. The van der Waals surface area contributed by atoms with Crippen LogP contribution in [0.5, 0.6) is 0 Å².